The number of hydrogen-bond donors (Lipinski definition) is 1. The van der Waals surface area contributed by atoms with Crippen LogP contribution in [0.25, 0.3) is 27.9 Å². The minimum atomic E-state index is -0.446. The number of aliphatic hydroxyl groups excluding tert-OH is 1. The number of aliphatic hydroxyl groups is 1. The van der Waals surface area contributed by atoms with Gasteiger partial charge in [-0.15, -0.1) is 0 Å². The van der Waals surface area contributed by atoms with Crippen LogP contribution in [0.2, 0.25) is 0 Å². The van der Waals surface area contributed by atoms with Crippen molar-refractivity contribution in [3.8, 4) is 0 Å². The molecule has 1 fully saturated rings. The molecule has 4 rings (SSSR count). The number of ether oxygens (including phenoxy) is 2. The summed E-state index contributed by atoms with van der Waals surface area (Å²) in [5.74, 6) is -0.378. The summed E-state index contributed by atoms with van der Waals surface area (Å²) >= 11 is 0. The molecule has 27 heavy (non-hydrogen) atoms. The Bertz CT molecular complexity index is 1020. The van der Waals surface area contributed by atoms with E-state index in [0.29, 0.717) is 6.42 Å². The first-order chi connectivity index (χ1) is 13.1. The normalized spacial score (nSPS) is 22.9. The van der Waals surface area contributed by atoms with Gasteiger partial charge in [0, 0.05) is 23.3 Å². The first-order valence-electron chi connectivity index (χ1n) is 9.24. The Kier molecular flexibility index (Phi) is 4.72. The van der Waals surface area contributed by atoms with E-state index in [2.05, 4.69) is 27.5 Å². The standard InChI is InChI=1S/C22H23NO4/c1-3-20-19(24)13-21(27-20)23-17-7-5-4-6-15(17)16-12-14(8-10-18(16)23)9-11-22(25)26-2/h4-12,19-21,24H,3,13H2,1-2H3/b11-9+/t19?,20-,21-/m1/s1. The van der Waals surface area contributed by atoms with Gasteiger partial charge in [-0.2, -0.15) is 0 Å². The maximum Gasteiger partial charge on any atom is 0.330 e. The Morgan fingerprint density at radius 3 is 2.78 bits per heavy atom. The zero-order chi connectivity index (χ0) is 19.0. The lowest BCUT2D eigenvalue weighted by Crippen LogP contribution is -2.19. The Labute approximate surface area is 157 Å². The molecule has 1 N–H and O–H groups in total. The van der Waals surface area contributed by atoms with E-state index in [9.17, 15) is 9.90 Å². The molecule has 0 amide bonds. The molecule has 3 atom stereocenters. The predicted molar refractivity (Wildman–Crippen MR) is 105 cm³/mol. The van der Waals surface area contributed by atoms with Gasteiger partial charge >= 0.3 is 5.97 Å². The van der Waals surface area contributed by atoms with Gasteiger partial charge in [-0.3, -0.25) is 0 Å². The first-order valence-corrected chi connectivity index (χ1v) is 9.24. The third kappa shape index (κ3) is 3.13. The first kappa shape index (κ1) is 17.8. The molecule has 2 aromatic carbocycles. The molecule has 1 aliphatic rings. The third-order valence-electron chi connectivity index (χ3n) is 5.24. The van der Waals surface area contributed by atoms with Gasteiger partial charge in [0.05, 0.1) is 30.4 Å². The highest BCUT2D eigenvalue weighted by Gasteiger charge is 2.34. The highest BCUT2D eigenvalue weighted by molar-refractivity contribution is 6.08. The lowest BCUT2D eigenvalue weighted by molar-refractivity contribution is -0.134. The van der Waals surface area contributed by atoms with Gasteiger partial charge in [-0.05, 0) is 36.3 Å². The van der Waals surface area contributed by atoms with E-state index < -0.39 is 6.10 Å². The highest BCUT2D eigenvalue weighted by Crippen LogP contribution is 2.38. The topological polar surface area (TPSA) is 60.7 Å². The van der Waals surface area contributed by atoms with Crippen LogP contribution < -0.4 is 0 Å². The SMILES string of the molecule is CC[C@H]1O[C@@H](n2c3ccccc3c3cc(/C=C/C(=O)OC)ccc32)CC1O. The van der Waals surface area contributed by atoms with Gasteiger partial charge in [0.2, 0.25) is 0 Å². The molecule has 1 unspecified atom stereocenters. The Hall–Kier alpha value is -2.63. The van der Waals surface area contributed by atoms with Crippen molar-refractivity contribution in [3.05, 3.63) is 54.1 Å². The van der Waals surface area contributed by atoms with E-state index in [-0.39, 0.29) is 18.3 Å². The van der Waals surface area contributed by atoms with E-state index in [1.165, 1.54) is 13.2 Å². The van der Waals surface area contributed by atoms with Crippen LogP contribution in [-0.4, -0.2) is 35.0 Å². The van der Waals surface area contributed by atoms with Crippen LogP contribution in [0.1, 0.15) is 31.6 Å². The smallest absolute Gasteiger partial charge is 0.330 e. The summed E-state index contributed by atoms with van der Waals surface area (Å²) < 4.78 is 13.0. The van der Waals surface area contributed by atoms with Gasteiger partial charge in [0.1, 0.15) is 6.23 Å². The fraction of sp³-hybridized carbons (Fsp3) is 0.318. The van der Waals surface area contributed by atoms with Gasteiger partial charge < -0.3 is 19.1 Å². The fourth-order valence-electron chi connectivity index (χ4n) is 3.91. The Morgan fingerprint density at radius 1 is 1.26 bits per heavy atom. The molecule has 0 spiro atoms. The number of benzene rings is 2. The predicted octanol–water partition coefficient (Wildman–Crippen LogP) is 4.04. The Balaban J connectivity index is 1.84. The molecular weight excluding hydrogens is 342 g/mol. The van der Waals surface area contributed by atoms with Crippen molar-refractivity contribution in [1.29, 1.82) is 0 Å². The largest absolute Gasteiger partial charge is 0.466 e. The van der Waals surface area contributed by atoms with Crippen LogP contribution in [0.3, 0.4) is 0 Å². The molecular formula is C22H23NO4. The number of nitrogens with zero attached hydrogens (tertiary/aromatic N) is 1. The van der Waals surface area contributed by atoms with Gasteiger partial charge in [0.25, 0.3) is 0 Å². The zero-order valence-electron chi connectivity index (χ0n) is 15.5. The molecule has 3 aromatic rings. The number of hydrogen-bond acceptors (Lipinski definition) is 4. The van der Waals surface area contributed by atoms with E-state index in [1.54, 1.807) is 6.08 Å². The van der Waals surface area contributed by atoms with Crippen molar-refractivity contribution < 1.29 is 19.4 Å². The van der Waals surface area contributed by atoms with Gasteiger partial charge in [0.15, 0.2) is 0 Å². The molecule has 1 aliphatic heterocycles. The number of carbonyl (C=O) groups excluding carboxylic acids is 1. The van der Waals surface area contributed by atoms with Crippen molar-refractivity contribution in [2.75, 3.05) is 7.11 Å². The summed E-state index contributed by atoms with van der Waals surface area (Å²) in [5.41, 5.74) is 3.06. The third-order valence-corrected chi connectivity index (χ3v) is 5.24. The second kappa shape index (κ2) is 7.18. The highest BCUT2D eigenvalue weighted by atomic mass is 16.5. The molecule has 140 valence electrons. The van der Waals surface area contributed by atoms with Crippen LogP contribution in [-0.2, 0) is 14.3 Å². The quantitative estimate of drug-likeness (QED) is 0.560. The van der Waals surface area contributed by atoms with Crippen LogP contribution in [0.4, 0.5) is 0 Å². The second-order valence-electron chi connectivity index (χ2n) is 6.86. The number of para-hydroxylation sites is 1. The molecule has 1 saturated heterocycles. The van der Waals surface area contributed by atoms with E-state index in [0.717, 1.165) is 33.8 Å². The van der Waals surface area contributed by atoms with Crippen molar-refractivity contribution in [2.24, 2.45) is 0 Å². The average molecular weight is 365 g/mol. The second-order valence-corrected chi connectivity index (χ2v) is 6.86. The summed E-state index contributed by atoms with van der Waals surface area (Å²) in [4.78, 5) is 11.4. The lowest BCUT2D eigenvalue weighted by atomic mass is 10.1. The van der Waals surface area contributed by atoms with Gasteiger partial charge in [-0.1, -0.05) is 31.2 Å². The minimum Gasteiger partial charge on any atom is -0.466 e. The van der Waals surface area contributed by atoms with Crippen molar-refractivity contribution >= 4 is 33.9 Å². The number of methoxy groups -OCH3 is 1. The molecule has 0 saturated carbocycles. The molecule has 0 radical (unpaired) electrons. The summed E-state index contributed by atoms with van der Waals surface area (Å²) in [7, 11) is 1.36. The fourth-order valence-corrected chi connectivity index (χ4v) is 3.91. The van der Waals surface area contributed by atoms with Crippen LogP contribution in [0.5, 0.6) is 0 Å². The van der Waals surface area contributed by atoms with Crippen LogP contribution >= 0.6 is 0 Å². The Morgan fingerprint density at radius 2 is 2.04 bits per heavy atom. The number of rotatable bonds is 4. The molecule has 2 heterocycles. The molecule has 5 heteroatoms. The lowest BCUT2D eigenvalue weighted by Gasteiger charge is -2.16. The molecule has 0 bridgehead atoms. The molecule has 0 aliphatic carbocycles. The maximum absolute atomic E-state index is 11.4. The van der Waals surface area contributed by atoms with E-state index >= 15 is 0 Å². The average Bonchev–Trinajstić information content (AvgIpc) is 3.22. The molecule has 1 aromatic heterocycles. The maximum atomic E-state index is 11.4. The summed E-state index contributed by atoms with van der Waals surface area (Å²) in [6.45, 7) is 2.03. The van der Waals surface area contributed by atoms with E-state index in [1.807, 2.05) is 31.2 Å². The number of esters is 1. The summed E-state index contributed by atoms with van der Waals surface area (Å²) in [6, 6.07) is 14.3. The van der Waals surface area contributed by atoms with Crippen molar-refractivity contribution in [3.63, 3.8) is 0 Å². The van der Waals surface area contributed by atoms with Gasteiger partial charge in [-0.25, -0.2) is 4.79 Å². The molecule has 5 nitrogen and oxygen atoms in total. The number of carbonyl (C=O) groups is 1. The van der Waals surface area contributed by atoms with E-state index in [4.69, 9.17) is 4.74 Å². The van der Waals surface area contributed by atoms with Crippen molar-refractivity contribution in [2.45, 2.75) is 38.2 Å². The van der Waals surface area contributed by atoms with Crippen LogP contribution in [0, 0.1) is 0 Å². The van der Waals surface area contributed by atoms with Crippen LogP contribution in [0.15, 0.2) is 48.5 Å². The number of aromatic nitrogens is 1. The summed E-state index contributed by atoms with van der Waals surface area (Å²) in [6.07, 6.45) is 3.77. The minimum absolute atomic E-state index is 0.131. The monoisotopic (exact) mass is 365 g/mol. The van der Waals surface area contributed by atoms with Crippen molar-refractivity contribution in [1.82, 2.24) is 4.57 Å². The zero-order valence-corrected chi connectivity index (χ0v) is 15.5. The summed E-state index contributed by atoms with van der Waals surface area (Å²) in [5, 5.41) is 12.5. The number of fused-ring (bicyclic) bond motifs is 3.